The maximum absolute atomic E-state index is 10.9. The summed E-state index contributed by atoms with van der Waals surface area (Å²) in [5.41, 5.74) is 5.93. The normalized spacial score (nSPS) is 10.4. The Kier molecular flexibility index (Phi) is 3.60. The predicted molar refractivity (Wildman–Crippen MR) is 55.7 cm³/mol. The Morgan fingerprint density at radius 1 is 1.60 bits per heavy atom. The molecule has 5 heteroatoms. The van der Waals surface area contributed by atoms with Crippen LogP contribution in [0.5, 0.6) is 5.88 Å². The molecule has 0 aliphatic carbocycles. The van der Waals surface area contributed by atoms with Crippen LogP contribution in [-0.4, -0.2) is 22.0 Å². The summed E-state index contributed by atoms with van der Waals surface area (Å²) in [6.45, 7) is 5.73. The van der Waals surface area contributed by atoms with Crippen molar-refractivity contribution >= 4 is 5.91 Å². The summed E-state index contributed by atoms with van der Waals surface area (Å²) in [5, 5.41) is 0. The van der Waals surface area contributed by atoms with Gasteiger partial charge in [-0.1, -0.05) is 6.92 Å². The average Bonchev–Trinajstić information content (AvgIpc) is 2.17. The molecule has 0 fully saturated rings. The number of carbonyl (C=O) groups excluding carboxylic acids is 1. The smallest absolute Gasteiger partial charge is 0.268 e. The van der Waals surface area contributed by atoms with Gasteiger partial charge >= 0.3 is 0 Å². The molecule has 0 bridgehead atoms. The highest BCUT2D eigenvalue weighted by molar-refractivity contribution is 5.90. The van der Waals surface area contributed by atoms with Crippen LogP contribution in [0.15, 0.2) is 6.20 Å². The van der Waals surface area contributed by atoms with Gasteiger partial charge < -0.3 is 10.5 Å². The number of carbonyl (C=O) groups is 1. The number of rotatable bonds is 4. The molecule has 1 aromatic rings. The zero-order chi connectivity index (χ0) is 11.4. The number of hydrogen-bond donors (Lipinski definition) is 1. The van der Waals surface area contributed by atoms with Crippen LogP contribution in [0.25, 0.3) is 0 Å². The van der Waals surface area contributed by atoms with Crippen LogP contribution >= 0.6 is 0 Å². The van der Waals surface area contributed by atoms with Crippen LogP contribution in [0.3, 0.4) is 0 Å². The number of aromatic nitrogens is 2. The lowest BCUT2D eigenvalue weighted by Crippen LogP contribution is -2.16. The van der Waals surface area contributed by atoms with Crippen molar-refractivity contribution in [3.63, 3.8) is 0 Å². The molecule has 15 heavy (non-hydrogen) atoms. The fourth-order valence-corrected chi connectivity index (χ4v) is 1.09. The van der Waals surface area contributed by atoms with E-state index in [4.69, 9.17) is 10.5 Å². The number of ether oxygens (including phenoxy) is 1. The topological polar surface area (TPSA) is 78.1 Å². The molecule has 0 saturated carbocycles. The van der Waals surface area contributed by atoms with Crippen LogP contribution in [-0.2, 0) is 6.42 Å². The van der Waals surface area contributed by atoms with E-state index in [-0.39, 0.29) is 11.8 Å². The van der Waals surface area contributed by atoms with Gasteiger partial charge in [0.15, 0.2) is 0 Å². The van der Waals surface area contributed by atoms with Crippen molar-refractivity contribution in [2.45, 2.75) is 33.3 Å². The second-order valence-electron chi connectivity index (χ2n) is 3.39. The Morgan fingerprint density at radius 3 is 2.73 bits per heavy atom. The number of hydrogen-bond acceptors (Lipinski definition) is 4. The number of nitrogens with zero attached hydrogens (tertiary/aromatic N) is 2. The molecule has 0 aliphatic rings. The van der Waals surface area contributed by atoms with Crippen molar-refractivity contribution < 1.29 is 9.53 Å². The Hall–Kier alpha value is -1.65. The highest BCUT2D eigenvalue weighted by Crippen LogP contribution is 2.15. The van der Waals surface area contributed by atoms with Gasteiger partial charge in [0.25, 0.3) is 5.91 Å². The maximum atomic E-state index is 10.9. The zero-order valence-corrected chi connectivity index (χ0v) is 9.15. The van der Waals surface area contributed by atoms with Crippen LogP contribution in [0, 0.1) is 0 Å². The van der Waals surface area contributed by atoms with E-state index in [9.17, 15) is 4.79 Å². The molecule has 1 aromatic heterocycles. The maximum Gasteiger partial charge on any atom is 0.268 e. The lowest BCUT2D eigenvalue weighted by atomic mass is 10.3. The summed E-state index contributed by atoms with van der Waals surface area (Å²) in [5.74, 6) is -0.106. The first-order chi connectivity index (χ1) is 7.04. The third-order valence-corrected chi connectivity index (χ3v) is 1.74. The molecule has 5 nitrogen and oxygen atoms in total. The third kappa shape index (κ3) is 2.90. The Labute approximate surface area is 88.7 Å². The molecular weight excluding hydrogens is 194 g/mol. The molecule has 0 atom stereocenters. The monoisotopic (exact) mass is 209 g/mol. The lowest BCUT2D eigenvalue weighted by molar-refractivity contribution is 0.0994. The summed E-state index contributed by atoms with van der Waals surface area (Å²) in [6.07, 6.45) is 2.01. The molecule has 82 valence electrons. The van der Waals surface area contributed by atoms with E-state index in [0.29, 0.717) is 18.0 Å². The highest BCUT2D eigenvalue weighted by Gasteiger charge is 2.11. The molecule has 0 radical (unpaired) electrons. The number of amides is 1. The summed E-state index contributed by atoms with van der Waals surface area (Å²) in [6, 6.07) is 0. The first-order valence-electron chi connectivity index (χ1n) is 4.87. The Balaban J connectivity index is 3.03. The molecule has 2 N–H and O–H groups in total. The van der Waals surface area contributed by atoms with Crippen molar-refractivity contribution in [1.82, 2.24) is 9.97 Å². The van der Waals surface area contributed by atoms with Gasteiger partial charge in [-0.3, -0.25) is 4.79 Å². The van der Waals surface area contributed by atoms with Crippen LogP contribution in [0.4, 0.5) is 0 Å². The van der Waals surface area contributed by atoms with E-state index in [0.717, 1.165) is 0 Å². The Bertz CT molecular complexity index is 364. The van der Waals surface area contributed by atoms with Crippen molar-refractivity contribution in [2.75, 3.05) is 0 Å². The fraction of sp³-hybridized carbons (Fsp3) is 0.500. The predicted octanol–water partition coefficient (Wildman–Crippen LogP) is 0.925. The minimum Gasteiger partial charge on any atom is -0.474 e. The zero-order valence-electron chi connectivity index (χ0n) is 9.15. The van der Waals surface area contributed by atoms with Gasteiger partial charge in [0.05, 0.1) is 12.3 Å². The second kappa shape index (κ2) is 4.72. The summed E-state index contributed by atoms with van der Waals surface area (Å²) in [4.78, 5) is 19.0. The van der Waals surface area contributed by atoms with E-state index < -0.39 is 5.91 Å². The molecule has 1 rings (SSSR count). The summed E-state index contributed by atoms with van der Waals surface area (Å²) >= 11 is 0. The SMILES string of the molecule is CCc1nc(C(N)=O)cnc1OC(C)C. The lowest BCUT2D eigenvalue weighted by Gasteiger charge is -2.11. The van der Waals surface area contributed by atoms with Gasteiger partial charge in [-0.2, -0.15) is 0 Å². The molecule has 1 amide bonds. The molecule has 0 aromatic carbocycles. The highest BCUT2D eigenvalue weighted by atomic mass is 16.5. The largest absolute Gasteiger partial charge is 0.474 e. The number of nitrogens with two attached hydrogens (primary N) is 1. The van der Waals surface area contributed by atoms with Crippen molar-refractivity contribution in [3.8, 4) is 5.88 Å². The van der Waals surface area contributed by atoms with E-state index in [1.54, 1.807) is 0 Å². The van der Waals surface area contributed by atoms with Gasteiger partial charge in [-0.15, -0.1) is 0 Å². The summed E-state index contributed by atoms with van der Waals surface area (Å²) in [7, 11) is 0. The minimum absolute atomic E-state index is 0.0315. The molecule has 0 spiro atoms. The van der Waals surface area contributed by atoms with Crippen LogP contribution in [0.2, 0.25) is 0 Å². The fourth-order valence-electron chi connectivity index (χ4n) is 1.09. The van der Waals surface area contributed by atoms with Gasteiger partial charge in [-0.25, -0.2) is 9.97 Å². The molecular formula is C10H15N3O2. The average molecular weight is 209 g/mol. The first kappa shape index (κ1) is 11.4. The number of aryl methyl sites for hydroxylation is 1. The number of primary amides is 1. The van der Waals surface area contributed by atoms with Gasteiger partial charge in [-0.05, 0) is 20.3 Å². The Morgan fingerprint density at radius 2 is 2.27 bits per heavy atom. The van der Waals surface area contributed by atoms with Gasteiger partial charge in [0.2, 0.25) is 5.88 Å². The quantitative estimate of drug-likeness (QED) is 0.800. The van der Waals surface area contributed by atoms with Crippen LogP contribution < -0.4 is 10.5 Å². The molecule has 0 unspecified atom stereocenters. The standard InChI is InChI=1S/C10H15N3O2/c1-4-7-10(15-6(2)3)12-5-8(13-7)9(11)14/h5-6H,4H2,1-3H3,(H2,11,14). The second-order valence-corrected chi connectivity index (χ2v) is 3.39. The third-order valence-electron chi connectivity index (χ3n) is 1.74. The van der Waals surface area contributed by atoms with Crippen LogP contribution in [0.1, 0.15) is 37.0 Å². The van der Waals surface area contributed by atoms with E-state index >= 15 is 0 Å². The van der Waals surface area contributed by atoms with Gasteiger partial charge in [0.1, 0.15) is 11.4 Å². The minimum atomic E-state index is -0.576. The summed E-state index contributed by atoms with van der Waals surface area (Å²) < 4.78 is 5.45. The van der Waals surface area contributed by atoms with Gasteiger partial charge in [0, 0.05) is 0 Å². The van der Waals surface area contributed by atoms with Crippen molar-refractivity contribution in [3.05, 3.63) is 17.6 Å². The molecule has 0 saturated heterocycles. The first-order valence-corrected chi connectivity index (χ1v) is 4.87. The van der Waals surface area contributed by atoms with E-state index in [1.807, 2.05) is 20.8 Å². The van der Waals surface area contributed by atoms with Crippen molar-refractivity contribution in [2.24, 2.45) is 5.73 Å². The van der Waals surface area contributed by atoms with Crippen molar-refractivity contribution in [1.29, 1.82) is 0 Å². The molecule has 1 heterocycles. The van der Waals surface area contributed by atoms with E-state index in [2.05, 4.69) is 9.97 Å². The molecule has 0 aliphatic heterocycles. The van der Waals surface area contributed by atoms with E-state index in [1.165, 1.54) is 6.20 Å².